The number of hydrogen-bond acceptors (Lipinski definition) is 5. The summed E-state index contributed by atoms with van der Waals surface area (Å²) >= 11 is 0. The fraction of sp³-hybridized carbons (Fsp3) is 0.889. The predicted molar refractivity (Wildman–Crippen MR) is 98.6 cm³/mol. The normalized spacial score (nSPS) is 18.7. The summed E-state index contributed by atoms with van der Waals surface area (Å²) in [4.78, 5) is 25.5. The second-order valence-corrected chi connectivity index (χ2v) is 8.32. The molecule has 1 heterocycles. The van der Waals surface area contributed by atoms with Gasteiger partial charge in [-0.15, -0.1) is 0 Å². The zero-order chi connectivity index (χ0) is 19.1. The molecule has 1 fully saturated rings. The molecule has 1 atom stereocenters. The summed E-state index contributed by atoms with van der Waals surface area (Å²) in [6.07, 6.45) is 1.36. The van der Waals surface area contributed by atoms with Crippen LogP contribution in [0.2, 0.25) is 0 Å². The summed E-state index contributed by atoms with van der Waals surface area (Å²) in [5, 5.41) is 4.59. The molecule has 1 aliphatic rings. The summed E-state index contributed by atoms with van der Waals surface area (Å²) in [5.41, 5.74) is -0.317. The van der Waals surface area contributed by atoms with Gasteiger partial charge >= 0.3 is 0 Å². The maximum Gasteiger partial charge on any atom is 0.223 e. The number of piperazine rings is 1. The van der Waals surface area contributed by atoms with Crippen LogP contribution in [0, 0.1) is 10.8 Å². The van der Waals surface area contributed by atoms with Crippen molar-refractivity contribution in [3.05, 3.63) is 0 Å². The lowest BCUT2D eigenvalue weighted by Crippen LogP contribution is -2.52. The molecule has 2 amide bonds. The summed E-state index contributed by atoms with van der Waals surface area (Å²) in [5.74, 6) is 5.90. The van der Waals surface area contributed by atoms with Crippen LogP contribution >= 0.6 is 0 Å². The molecule has 0 aliphatic carbocycles. The predicted octanol–water partition coefficient (Wildman–Crippen LogP) is 0.990. The minimum atomic E-state index is -0.180. The third kappa shape index (κ3) is 8.16. The van der Waals surface area contributed by atoms with E-state index < -0.39 is 0 Å². The Kier molecular flexibility index (Phi) is 8.31. The molecule has 25 heavy (non-hydrogen) atoms. The lowest BCUT2D eigenvalue weighted by Gasteiger charge is -2.36. The number of nitrogens with one attached hydrogen (secondary N) is 1. The van der Waals surface area contributed by atoms with Gasteiger partial charge in [0.1, 0.15) is 0 Å². The Bertz CT molecular complexity index is 448. The van der Waals surface area contributed by atoms with Crippen LogP contribution in [0.3, 0.4) is 0 Å². The van der Waals surface area contributed by atoms with E-state index in [1.54, 1.807) is 5.01 Å². The molecule has 0 radical (unpaired) electrons. The van der Waals surface area contributed by atoms with E-state index >= 15 is 0 Å². The highest BCUT2D eigenvalue weighted by Gasteiger charge is 2.30. The molecule has 0 aromatic carbocycles. The molecule has 0 saturated carbocycles. The number of ether oxygens (including phenoxy) is 1. The van der Waals surface area contributed by atoms with E-state index in [-0.39, 0.29) is 22.6 Å². The fourth-order valence-corrected chi connectivity index (χ4v) is 2.71. The van der Waals surface area contributed by atoms with Gasteiger partial charge in [0.15, 0.2) is 0 Å². The first-order valence-electron chi connectivity index (χ1n) is 9.16. The number of carbonyl (C=O) groups is 2. The third-order valence-corrected chi connectivity index (χ3v) is 4.86. The van der Waals surface area contributed by atoms with E-state index in [4.69, 9.17) is 10.6 Å². The second-order valence-electron chi connectivity index (χ2n) is 8.32. The number of nitrogens with zero attached hydrogens (tertiary/aromatic N) is 2. The van der Waals surface area contributed by atoms with Crippen molar-refractivity contribution in [2.45, 2.75) is 47.5 Å². The van der Waals surface area contributed by atoms with Gasteiger partial charge in [0.05, 0.1) is 13.2 Å². The van der Waals surface area contributed by atoms with Crippen molar-refractivity contribution < 1.29 is 14.3 Å². The van der Waals surface area contributed by atoms with Gasteiger partial charge in [-0.05, 0) is 11.8 Å². The molecule has 146 valence electrons. The summed E-state index contributed by atoms with van der Waals surface area (Å²) in [6.45, 7) is 14.3. The van der Waals surface area contributed by atoms with Crippen LogP contribution in [-0.2, 0) is 14.3 Å². The van der Waals surface area contributed by atoms with E-state index in [2.05, 4.69) is 33.0 Å². The SMILES string of the molecule is CCC(C)(COCC(C)(C)CNC(C)=O)CC(=O)N1CCN(N)CC1. The van der Waals surface area contributed by atoms with Crippen molar-refractivity contribution in [2.75, 3.05) is 45.9 Å². The first-order chi connectivity index (χ1) is 11.6. The Morgan fingerprint density at radius 3 is 2.24 bits per heavy atom. The smallest absolute Gasteiger partial charge is 0.223 e. The van der Waals surface area contributed by atoms with Gasteiger partial charge in [-0.25, -0.2) is 5.01 Å². The first-order valence-corrected chi connectivity index (χ1v) is 9.16. The van der Waals surface area contributed by atoms with Crippen LogP contribution in [-0.4, -0.2) is 67.7 Å². The molecule has 1 unspecified atom stereocenters. The Morgan fingerprint density at radius 1 is 1.12 bits per heavy atom. The molecule has 1 aliphatic heterocycles. The van der Waals surface area contributed by atoms with E-state index in [0.29, 0.717) is 39.3 Å². The number of nitrogens with two attached hydrogens (primary N) is 1. The highest BCUT2D eigenvalue weighted by molar-refractivity contribution is 5.77. The lowest BCUT2D eigenvalue weighted by molar-refractivity contribution is -0.136. The van der Waals surface area contributed by atoms with Crippen molar-refractivity contribution in [1.29, 1.82) is 0 Å². The van der Waals surface area contributed by atoms with Crippen LogP contribution < -0.4 is 11.2 Å². The minimum Gasteiger partial charge on any atom is -0.380 e. The molecule has 0 aromatic heterocycles. The molecule has 0 aromatic rings. The number of amides is 2. The average Bonchev–Trinajstić information content (AvgIpc) is 2.53. The Balaban J connectivity index is 2.44. The van der Waals surface area contributed by atoms with Crippen LogP contribution in [0.25, 0.3) is 0 Å². The molecule has 3 N–H and O–H groups in total. The van der Waals surface area contributed by atoms with Gasteiger partial charge < -0.3 is 15.0 Å². The Labute approximate surface area is 152 Å². The van der Waals surface area contributed by atoms with Crippen molar-refractivity contribution in [3.8, 4) is 0 Å². The van der Waals surface area contributed by atoms with Gasteiger partial charge in [0, 0.05) is 51.5 Å². The highest BCUT2D eigenvalue weighted by atomic mass is 16.5. The fourth-order valence-electron chi connectivity index (χ4n) is 2.71. The summed E-state index contributed by atoms with van der Waals surface area (Å²) in [7, 11) is 0. The molecule has 0 bridgehead atoms. The largest absolute Gasteiger partial charge is 0.380 e. The number of hydrazine groups is 1. The standard InChI is InChI=1S/C18H36N4O3/c1-6-18(5,11-16(24)21-7-9-22(19)10-8-21)14-25-13-17(3,4)12-20-15(2)23/h6-14,19H2,1-5H3,(H,20,23). The van der Waals surface area contributed by atoms with Gasteiger partial charge in [-0.1, -0.05) is 27.7 Å². The average molecular weight is 357 g/mol. The monoisotopic (exact) mass is 356 g/mol. The maximum absolute atomic E-state index is 12.6. The molecule has 7 heteroatoms. The van der Waals surface area contributed by atoms with Crippen LogP contribution in [0.15, 0.2) is 0 Å². The molecule has 7 nitrogen and oxygen atoms in total. The maximum atomic E-state index is 12.6. The minimum absolute atomic E-state index is 0.0327. The topological polar surface area (TPSA) is 87.9 Å². The Morgan fingerprint density at radius 2 is 1.72 bits per heavy atom. The van der Waals surface area contributed by atoms with Gasteiger partial charge in [-0.3, -0.25) is 15.4 Å². The number of hydrogen-bond donors (Lipinski definition) is 2. The first kappa shape index (κ1) is 21.9. The van der Waals surface area contributed by atoms with Crippen molar-refractivity contribution in [3.63, 3.8) is 0 Å². The van der Waals surface area contributed by atoms with Crippen LogP contribution in [0.5, 0.6) is 0 Å². The highest BCUT2D eigenvalue weighted by Crippen LogP contribution is 2.28. The summed E-state index contributed by atoms with van der Waals surface area (Å²) < 4.78 is 5.94. The van der Waals surface area contributed by atoms with E-state index in [1.807, 2.05) is 4.90 Å². The number of rotatable bonds is 9. The number of carbonyl (C=O) groups excluding carboxylic acids is 2. The third-order valence-electron chi connectivity index (χ3n) is 4.86. The van der Waals surface area contributed by atoms with E-state index in [0.717, 1.165) is 19.5 Å². The zero-order valence-electron chi connectivity index (χ0n) is 16.6. The molecular weight excluding hydrogens is 320 g/mol. The van der Waals surface area contributed by atoms with Crippen molar-refractivity contribution in [1.82, 2.24) is 15.2 Å². The van der Waals surface area contributed by atoms with Crippen molar-refractivity contribution >= 4 is 11.8 Å². The zero-order valence-corrected chi connectivity index (χ0v) is 16.6. The lowest BCUT2D eigenvalue weighted by atomic mass is 9.84. The van der Waals surface area contributed by atoms with Gasteiger partial charge in [-0.2, -0.15) is 0 Å². The second kappa shape index (κ2) is 9.50. The quantitative estimate of drug-likeness (QED) is 0.602. The molecule has 0 spiro atoms. The van der Waals surface area contributed by atoms with Crippen molar-refractivity contribution in [2.24, 2.45) is 16.7 Å². The van der Waals surface area contributed by atoms with E-state index in [1.165, 1.54) is 6.92 Å². The Hall–Kier alpha value is -1.18. The molecule has 1 rings (SSSR count). The molecule has 1 saturated heterocycles. The van der Waals surface area contributed by atoms with E-state index in [9.17, 15) is 9.59 Å². The van der Waals surface area contributed by atoms with Gasteiger partial charge in [0.2, 0.25) is 11.8 Å². The molecular formula is C18H36N4O3. The summed E-state index contributed by atoms with van der Waals surface area (Å²) in [6, 6.07) is 0. The van der Waals surface area contributed by atoms with Gasteiger partial charge in [0.25, 0.3) is 0 Å². The van der Waals surface area contributed by atoms with Crippen LogP contribution in [0.1, 0.15) is 47.5 Å². The van der Waals surface area contributed by atoms with Crippen LogP contribution in [0.4, 0.5) is 0 Å².